The number of hydrogen-bond donors (Lipinski definition) is 2. The standard InChI is InChI=1S/C10H19NO3.CH4O/c1-10(2,3)14-9(12)11-8-5-4-6-13-7-8;1-2/h8H,4-7H2,1-3H3,(H,11,12);2H,1H3. The number of rotatable bonds is 1. The second-order valence-corrected chi connectivity index (χ2v) is 4.56. The summed E-state index contributed by atoms with van der Waals surface area (Å²) in [6, 6.07) is 0.110. The van der Waals surface area contributed by atoms with Crippen LogP contribution in [-0.4, -0.2) is 43.2 Å². The van der Waals surface area contributed by atoms with Gasteiger partial charge in [0.15, 0.2) is 0 Å². The first kappa shape index (κ1) is 15.2. The molecule has 0 bridgehead atoms. The highest BCUT2D eigenvalue weighted by Crippen LogP contribution is 2.09. The Morgan fingerprint density at radius 1 is 1.44 bits per heavy atom. The zero-order valence-electron chi connectivity index (χ0n) is 10.6. The summed E-state index contributed by atoms with van der Waals surface area (Å²) in [5, 5.41) is 9.79. The minimum atomic E-state index is -0.431. The molecule has 96 valence electrons. The molecule has 0 aliphatic carbocycles. The monoisotopic (exact) mass is 233 g/mol. The molecule has 16 heavy (non-hydrogen) atoms. The highest BCUT2D eigenvalue weighted by atomic mass is 16.6. The van der Waals surface area contributed by atoms with Crippen LogP contribution in [0.15, 0.2) is 0 Å². The van der Waals surface area contributed by atoms with Gasteiger partial charge in [-0.3, -0.25) is 0 Å². The Labute approximate surface area is 97.1 Å². The lowest BCUT2D eigenvalue weighted by atomic mass is 10.1. The van der Waals surface area contributed by atoms with E-state index in [1.165, 1.54) is 0 Å². The number of aliphatic hydroxyl groups excluding tert-OH is 1. The largest absolute Gasteiger partial charge is 0.444 e. The van der Waals surface area contributed by atoms with Gasteiger partial charge >= 0.3 is 6.09 Å². The molecule has 1 atom stereocenters. The molecule has 5 nitrogen and oxygen atoms in total. The Bertz CT molecular complexity index is 195. The maximum Gasteiger partial charge on any atom is 0.407 e. The molecule has 0 aromatic carbocycles. The third kappa shape index (κ3) is 7.48. The Hall–Kier alpha value is -0.810. The van der Waals surface area contributed by atoms with E-state index in [9.17, 15) is 4.79 Å². The van der Waals surface area contributed by atoms with E-state index in [2.05, 4.69) is 5.32 Å². The Morgan fingerprint density at radius 2 is 2.06 bits per heavy atom. The summed E-state index contributed by atoms with van der Waals surface area (Å²) in [6.07, 6.45) is 1.62. The number of amides is 1. The fourth-order valence-corrected chi connectivity index (χ4v) is 1.33. The number of carbonyl (C=O) groups excluding carboxylic acids is 1. The highest BCUT2D eigenvalue weighted by Gasteiger charge is 2.20. The molecule has 0 saturated carbocycles. The van der Waals surface area contributed by atoms with Gasteiger partial charge in [0.25, 0.3) is 0 Å². The number of aliphatic hydroxyl groups is 1. The van der Waals surface area contributed by atoms with Gasteiger partial charge in [-0.2, -0.15) is 0 Å². The van der Waals surface area contributed by atoms with Crippen LogP contribution in [0.25, 0.3) is 0 Å². The van der Waals surface area contributed by atoms with Gasteiger partial charge in [0.1, 0.15) is 5.60 Å². The van der Waals surface area contributed by atoms with Gasteiger partial charge in [-0.1, -0.05) is 0 Å². The molecule has 0 radical (unpaired) electrons. The molecule has 1 saturated heterocycles. The number of carbonyl (C=O) groups is 1. The van der Waals surface area contributed by atoms with E-state index in [0.29, 0.717) is 6.61 Å². The molecule has 1 heterocycles. The first-order valence-electron chi connectivity index (χ1n) is 5.49. The Morgan fingerprint density at radius 3 is 2.50 bits per heavy atom. The van der Waals surface area contributed by atoms with Crippen LogP contribution in [0.3, 0.4) is 0 Å². The molecule has 1 fully saturated rings. The fraction of sp³-hybridized carbons (Fsp3) is 0.909. The Balaban J connectivity index is 0.00000106. The van der Waals surface area contributed by atoms with Crippen LogP contribution in [0.2, 0.25) is 0 Å². The van der Waals surface area contributed by atoms with Crippen molar-refractivity contribution in [1.82, 2.24) is 5.32 Å². The summed E-state index contributed by atoms with van der Waals surface area (Å²) in [5.41, 5.74) is -0.431. The molecular weight excluding hydrogens is 210 g/mol. The third-order valence-electron chi connectivity index (χ3n) is 1.88. The molecule has 1 unspecified atom stereocenters. The van der Waals surface area contributed by atoms with Crippen LogP contribution in [0.4, 0.5) is 4.79 Å². The lowest BCUT2D eigenvalue weighted by Crippen LogP contribution is -2.43. The van der Waals surface area contributed by atoms with Gasteiger partial charge < -0.3 is 19.9 Å². The molecule has 1 aliphatic rings. The quantitative estimate of drug-likeness (QED) is 0.716. The maximum atomic E-state index is 11.3. The molecule has 0 aromatic heterocycles. The first-order valence-corrected chi connectivity index (χ1v) is 5.49. The van der Waals surface area contributed by atoms with Gasteiger partial charge in [0.05, 0.1) is 12.6 Å². The third-order valence-corrected chi connectivity index (χ3v) is 1.88. The van der Waals surface area contributed by atoms with Gasteiger partial charge in [-0.05, 0) is 33.6 Å². The SMILES string of the molecule is CC(C)(C)OC(=O)NC1CCCOC1.CO. The van der Waals surface area contributed by atoms with Gasteiger partial charge in [0, 0.05) is 13.7 Å². The van der Waals surface area contributed by atoms with Crippen LogP contribution < -0.4 is 5.32 Å². The lowest BCUT2D eigenvalue weighted by molar-refractivity contribution is 0.0347. The Kier molecular flexibility index (Phi) is 7.08. The summed E-state index contributed by atoms with van der Waals surface area (Å²) in [4.78, 5) is 11.3. The second-order valence-electron chi connectivity index (χ2n) is 4.56. The molecule has 1 aliphatic heterocycles. The van der Waals surface area contributed by atoms with Crippen molar-refractivity contribution in [3.63, 3.8) is 0 Å². The molecule has 5 heteroatoms. The van der Waals surface area contributed by atoms with Crippen molar-refractivity contribution in [3.05, 3.63) is 0 Å². The van der Waals surface area contributed by atoms with Crippen LogP contribution >= 0.6 is 0 Å². The average molecular weight is 233 g/mol. The number of ether oxygens (including phenoxy) is 2. The predicted molar refractivity (Wildman–Crippen MR) is 61.4 cm³/mol. The first-order chi connectivity index (χ1) is 7.47. The van der Waals surface area contributed by atoms with E-state index < -0.39 is 5.60 Å². The van der Waals surface area contributed by atoms with Crippen molar-refractivity contribution in [2.24, 2.45) is 0 Å². The average Bonchev–Trinajstić information content (AvgIpc) is 2.19. The van der Waals surface area contributed by atoms with Gasteiger partial charge in [-0.25, -0.2) is 4.79 Å². The van der Waals surface area contributed by atoms with Crippen molar-refractivity contribution in [1.29, 1.82) is 0 Å². The fourth-order valence-electron chi connectivity index (χ4n) is 1.33. The number of nitrogens with one attached hydrogen (secondary N) is 1. The topological polar surface area (TPSA) is 67.8 Å². The molecule has 1 rings (SSSR count). The maximum absolute atomic E-state index is 11.3. The smallest absolute Gasteiger partial charge is 0.407 e. The summed E-state index contributed by atoms with van der Waals surface area (Å²) >= 11 is 0. The minimum Gasteiger partial charge on any atom is -0.444 e. The van der Waals surface area contributed by atoms with E-state index >= 15 is 0 Å². The van der Waals surface area contributed by atoms with Crippen molar-refractivity contribution in [3.8, 4) is 0 Å². The van der Waals surface area contributed by atoms with Gasteiger partial charge in [-0.15, -0.1) is 0 Å². The van der Waals surface area contributed by atoms with E-state index in [0.717, 1.165) is 26.6 Å². The van der Waals surface area contributed by atoms with Crippen molar-refractivity contribution >= 4 is 6.09 Å². The summed E-state index contributed by atoms with van der Waals surface area (Å²) in [5.74, 6) is 0. The zero-order chi connectivity index (χ0) is 12.6. The normalized spacial score (nSPS) is 20.4. The van der Waals surface area contributed by atoms with Crippen LogP contribution in [0, 0.1) is 0 Å². The summed E-state index contributed by atoms with van der Waals surface area (Å²) in [7, 11) is 1.00. The minimum absolute atomic E-state index is 0.110. The molecule has 0 spiro atoms. The van der Waals surface area contributed by atoms with Crippen molar-refractivity contribution in [2.75, 3.05) is 20.3 Å². The predicted octanol–water partition coefficient (Wildman–Crippen LogP) is 1.30. The van der Waals surface area contributed by atoms with E-state index in [-0.39, 0.29) is 12.1 Å². The number of hydrogen-bond acceptors (Lipinski definition) is 4. The molecule has 1 amide bonds. The molecule has 2 N–H and O–H groups in total. The van der Waals surface area contributed by atoms with E-state index in [4.69, 9.17) is 14.6 Å². The van der Waals surface area contributed by atoms with Crippen LogP contribution in [0.1, 0.15) is 33.6 Å². The zero-order valence-corrected chi connectivity index (χ0v) is 10.6. The molecule has 0 aromatic rings. The van der Waals surface area contributed by atoms with Crippen LogP contribution in [-0.2, 0) is 9.47 Å². The van der Waals surface area contributed by atoms with Crippen molar-refractivity contribution in [2.45, 2.75) is 45.3 Å². The highest BCUT2D eigenvalue weighted by molar-refractivity contribution is 5.68. The van der Waals surface area contributed by atoms with Crippen molar-refractivity contribution < 1.29 is 19.4 Å². The van der Waals surface area contributed by atoms with Gasteiger partial charge in [0.2, 0.25) is 0 Å². The second kappa shape index (κ2) is 7.46. The van der Waals surface area contributed by atoms with Crippen LogP contribution in [0.5, 0.6) is 0 Å². The lowest BCUT2D eigenvalue weighted by Gasteiger charge is -2.25. The van der Waals surface area contributed by atoms with E-state index in [1.54, 1.807) is 0 Å². The summed E-state index contributed by atoms with van der Waals surface area (Å²) < 4.78 is 10.4. The molecular formula is C11H23NO4. The number of alkyl carbamates (subject to hydrolysis) is 1. The van der Waals surface area contributed by atoms with E-state index in [1.807, 2.05) is 20.8 Å². The summed E-state index contributed by atoms with van der Waals surface area (Å²) in [6.45, 7) is 6.95.